The minimum atomic E-state index is 0.190. The van der Waals surface area contributed by atoms with E-state index < -0.39 is 0 Å². The van der Waals surface area contributed by atoms with Crippen molar-refractivity contribution in [2.75, 3.05) is 18.5 Å². The number of aliphatic imine (C=N–C) groups is 1. The van der Waals surface area contributed by atoms with E-state index in [2.05, 4.69) is 25.8 Å². The number of rotatable bonds is 6. The Bertz CT molecular complexity index is 1060. The summed E-state index contributed by atoms with van der Waals surface area (Å²) in [5.74, 6) is 1.77. The van der Waals surface area contributed by atoms with Crippen LogP contribution in [0.2, 0.25) is 5.02 Å². The third-order valence-corrected chi connectivity index (χ3v) is 5.23. The van der Waals surface area contributed by atoms with Crippen molar-refractivity contribution in [3.8, 4) is 11.4 Å². The van der Waals surface area contributed by atoms with E-state index >= 15 is 0 Å². The molecule has 3 aromatic rings. The molecular weight excluding hydrogens is 416 g/mol. The molecule has 2 aromatic carbocycles. The molecule has 0 bridgehead atoms. The molecule has 0 radical (unpaired) electrons. The van der Waals surface area contributed by atoms with Gasteiger partial charge in [-0.15, -0.1) is 0 Å². The molecule has 1 amide bonds. The molecule has 1 aromatic heterocycles. The van der Waals surface area contributed by atoms with Crippen molar-refractivity contribution < 1.29 is 9.32 Å². The van der Waals surface area contributed by atoms with E-state index in [0.29, 0.717) is 42.2 Å². The maximum atomic E-state index is 11.9. The Morgan fingerprint density at radius 1 is 1.13 bits per heavy atom. The molecule has 160 valence electrons. The Hall–Kier alpha value is -3.39. The summed E-state index contributed by atoms with van der Waals surface area (Å²) in [7, 11) is 1.70. The number of carbonyl (C=O) groups excluding carboxylic acids is 1. The average Bonchev–Trinajstić information content (AvgIpc) is 3.44. The summed E-state index contributed by atoms with van der Waals surface area (Å²) in [5, 5.41) is 11.1. The summed E-state index contributed by atoms with van der Waals surface area (Å²) < 4.78 is 5.31. The highest BCUT2D eigenvalue weighted by Gasteiger charge is 2.21. The Labute approximate surface area is 185 Å². The van der Waals surface area contributed by atoms with Gasteiger partial charge in [0.1, 0.15) is 0 Å². The number of amides is 1. The van der Waals surface area contributed by atoms with E-state index in [1.165, 1.54) is 0 Å². The van der Waals surface area contributed by atoms with Crippen molar-refractivity contribution in [3.05, 3.63) is 65.0 Å². The highest BCUT2D eigenvalue weighted by Crippen LogP contribution is 2.21. The fraction of sp³-hybridized carbons (Fsp3) is 0.273. The number of benzene rings is 2. The monoisotopic (exact) mass is 438 g/mol. The molecule has 0 aliphatic carbocycles. The van der Waals surface area contributed by atoms with E-state index in [9.17, 15) is 4.79 Å². The molecule has 8 nitrogen and oxygen atoms in total. The van der Waals surface area contributed by atoms with Crippen LogP contribution in [0.5, 0.6) is 0 Å². The lowest BCUT2D eigenvalue weighted by Crippen LogP contribution is -2.36. The Morgan fingerprint density at radius 3 is 2.55 bits per heavy atom. The molecule has 1 fully saturated rings. The number of aromatic nitrogens is 2. The van der Waals surface area contributed by atoms with Gasteiger partial charge in [-0.05, 0) is 48.4 Å². The average molecular weight is 439 g/mol. The van der Waals surface area contributed by atoms with Gasteiger partial charge in [-0.3, -0.25) is 9.79 Å². The molecular formula is C22H23ClN6O2. The van der Waals surface area contributed by atoms with Gasteiger partial charge >= 0.3 is 0 Å². The quantitative estimate of drug-likeness (QED) is 0.452. The van der Waals surface area contributed by atoms with Crippen LogP contribution < -0.4 is 15.5 Å². The molecule has 4 rings (SSSR count). The molecule has 9 heteroatoms. The van der Waals surface area contributed by atoms with Crippen LogP contribution in [0.3, 0.4) is 0 Å². The largest absolute Gasteiger partial charge is 0.352 e. The summed E-state index contributed by atoms with van der Waals surface area (Å²) in [6, 6.07) is 15.2. The molecule has 0 atom stereocenters. The second kappa shape index (κ2) is 9.61. The van der Waals surface area contributed by atoms with Crippen LogP contribution in [0.15, 0.2) is 58.0 Å². The number of hydrogen-bond donors (Lipinski definition) is 2. The van der Waals surface area contributed by atoms with Gasteiger partial charge in [-0.25, -0.2) is 0 Å². The zero-order chi connectivity index (χ0) is 21.6. The van der Waals surface area contributed by atoms with Crippen LogP contribution in [-0.4, -0.2) is 35.6 Å². The maximum Gasteiger partial charge on any atom is 0.246 e. The summed E-state index contributed by atoms with van der Waals surface area (Å²) in [4.78, 5) is 22.3. The second-order valence-electron chi connectivity index (χ2n) is 7.11. The van der Waals surface area contributed by atoms with Crippen molar-refractivity contribution in [2.45, 2.75) is 25.9 Å². The SMILES string of the molecule is CN=C(NCc1ccc(N2CCCC2=O)cc1)NCc1nc(-c2ccc(Cl)cc2)no1. The predicted molar refractivity (Wildman–Crippen MR) is 120 cm³/mol. The minimum absolute atomic E-state index is 0.190. The standard InChI is InChI=1S/C22H23ClN6O2/c1-24-22(25-13-15-4-10-18(11-5-15)29-12-2-3-20(29)30)26-14-19-27-21(28-31-19)16-6-8-17(23)9-7-16/h4-11H,2-3,12-14H2,1H3,(H2,24,25,26). The molecule has 2 N–H and O–H groups in total. The molecule has 1 aliphatic rings. The van der Waals surface area contributed by atoms with Crippen LogP contribution >= 0.6 is 11.6 Å². The highest BCUT2D eigenvalue weighted by atomic mass is 35.5. The van der Waals surface area contributed by atoms with Crippen LogP contribution in [0.1, 0.15) is 24.3 Å². The van der Waals surface area contributed by atoms with Gasteiger partial charge in [-0.1, -0.05) is 28.9 Å². The number of anilines is 1. The van der Waals surface area contributed by atoms with E-state index in [1.54, 1.807) is 19.2 Å². The van der Waals surface area contributed by atoms with Gasteiger partial charge in [0.2, 0.25) is 17.6 Å². The zero-order valence-electron chi connectivity index (χ0n) is 17.1. The first-order valence-electron chi connectivity index (χ1n) is 10.0. The van der Waals surface area contributed by atoms with Gasteiger partial charge in [0.15, 0.2) is 5.96 Å². The number of guanidine groups is 1. The normalized spacial score (nSPS) is 14.2. The van der Waals surface area contributed by atoms with Gasteiger partial charge in [0.05, 0.1) is 6.54 Å². The Kier molecular flexibility index (Phi) is 6.47. The smallest absolute Gasteiger partial charge is 0.246 e. The van der Waals surface area contributed by atoms with Gasteiger partial charge in [-0.2, -0.15) is 4.98 Å². The van der Waals surface area contributed by atoms with Crippen LogP contribution in [-0.2, 0) is 17.9 Å². The zero-order valence-corrected chi connectivity index (χ0v) is 17.9. The highest BCUT2D eigenvalue weighted by molar-refractivity contribution is 6.30. The van der Waals surface area contributed by atoms with Crippen molar-refractivity contribution in [1.82, 2.24) is 20.8 Å². The first-order valence-corrected chi connectivity index (χ1v) is 10.4. The third kappa shape index (κ3) is 5.21. The van der Waals surface area contributed by atoms with Crippen molar-refractivity contribution in [3.63, 3.8) is 0 Å². The first kappa shape index (κ1) is 20.9. The number of hydrogen-bond acceptors (Lipinski definition) is 5. The molecule has 0 spiro atoms. The predicted octanol–water partition coefficient (Wildman–Crippen LogP) is 3.38. The molecule has 2 heterocycles. The maximum absolute atomic E-state index is 11.9. The van der Waals surface area contributed by atoms with E-state index in [0.717, 1.165) is 29.8 Å². The van der Waals surface area contributed by atoms with E-state index in [4.69, 9.17) is 16.1 Å². The van der Waals surface area contributed by atoms with Crippen LogP contribution in [0.25, 0.3) is 11.4 Å². The van der Waals surface area contributed by atoms with E-state index in [1.807, 2.05) is 41.3 Å². The lowest BCUT2D eigenvalue weighted by molar-refractivity contribution is -0.117. The number of nitrogens with zero attached hydrogens (tertiary/aromatic N) is 4. The van der Waals surface area contributed by atoms with E-state index in [-0.39, 0.29) is 5.91 Å². The Balaban J connectivity index is 1.28. The second-order valence-corrected chi connectivity index (χ2v) is 7.55. The van der Waals surface area contributed by atoms with Crippen LogP contribution in [0.4, 0.5) is 5.69 Å². The lowest BCUT2D eigenvalue weighted by Gasteiger charge is -2.16. The molecule has 0 unspecified atom stereocenters. The molecule has 31 heavy (non-hydrogen) atoms. The van der Waals surface area contributed by atoms with Gasteiger partial charge in [0.25, 0.3) is 0 Å². The topological polar surface area (TPSA) is 95.7 Å². The fourth-order valence-corrected chi connectivity index (χ4v) is 3.45. The summed E-state index contributed by atoms with van der Waals surface area (Å²) in [6.45, 7) is 1.73. The van der Waals surface area contributed by atoms with Crippen molar-refractivity contribution in [1.29, 1.82) is 0 Å². The molecule has 1 saturated heterocycles. The summed E-state index contributed by atoms with van der Waals surface area (Å²) in [5.41, 5.74) is 2.86. The third-order valence-electron chi connectivity index (χ3n) is 4.98. The summed E-state index contributed by atoms with van der Waals surface area (Å²) >= 11 is 5.91. The molecule has 0 saturated carbocycles. The van der Waals surface area contributed by atoms with Crippen LogP contribution in [0, 0.1) is 0 Å². The van der Waals surface area contributed by atoms with Crippen molar-refractivity contribution in [2.24, 2.45) is 4.99 Å². The number of nitrogens with one attached hydrogen (secondary N) is 2. The fourth-order valence-electron chi connectivity index (χ4n) is 3.32. The first-order chi connectivity index (χ1) is 15.1. The number of halogens is 1. The lowest BCUT2D eigenvalue weighted by atomic mass is 10.2. The Morgan fingerprint density at radius 2 is 1.87 bits per heavy atom. The molecule has 1 aliphatic heterocycles. The number of carbonyl (C=O) groups is 1. The van der Waals surface area contributed by atoms with Gasteiger partial charge < -0.3 is 20.1 Å². The summed E-state index contributed by atoms with van der Waals surface area (Å²) in [6.07, 6.45) is 1.55. The van der Waals surface area contributed by atoms with Crippen molar-refractivity contribution >= 4 is 29.2 Å². The minimum Gasteiger partial charge on any atom is -0.352 e. The van der Waals surface area contributed by atoms with Gasteiger partial charge in [0, 0.05) is 42.8 Å².